The Bertz CT molecular complexity index is 105. The van der Waals surface area contributed by atoms with Crippen LogP contribution in [-0.2, 0) is 0 Å². The van der Waals surface area contributed by atoms with Gasteiger partial charge in [-0.15, -0.1) is 0 Å². The van der Waals surface area contributed by atoms with Gasteiger partial charge in [-0.05, 0) is 19.8 Å². The number of nitrogens with zero attached hydrogens (tertiary/aromatic N) is 1. The maximum Gasteiger partial charge on any atom is 0.0388 e. The second-order valence-electron chi connectivity index (χ2n) is 3.07. The molecule has 0 unspecified atom stereocenters. The molecule has 0 aromatic carbocycles. The first-order valence-corrected chi connectivity index (χ1v) is 4.81. The molecule has 0 aromatic rings. The summed E-state index contributed by atoms with van der Waals surface area (Å²) in [4.78, 5) is 4.47. The summed E-state index contributed by atoms with van der Waals surface area (Å²) in [6.07, 6.45) is 6.28. The van der Waals surface area contributed by atoms with Gasteiger partial charge < -0.3 is 0 Å². The average Bonchev–Trinajstić information content (AvgIpc) is 1.99. The lowest BCUT2D eigenvalue weighted by molar-refractivity contribution is 0.726. The minimum atomic E-state index is 1.04. The van der Waals surface area contributed by atoms with Gasteiger partial charge in [0.2, 0.25) is 0 Å². The molecule has 1 nitrogen and oxygen atoms in total. The van der Waals surface area contributed by atoms with Crippen LogP contribution >= 0.6 is 0 Å². The number of unbranched alkanes of at least 4 members (excludes halogenated alkanes) is 2. The molecular weight excluding hydrogens is 134 g/mol. The summed E-state index contributed by atoms with van der Waals surface area (Å²) in [5.74, 6) is 0. The van der Waals surface area contributed by atoms with E-state index in [2.05, 4.69) is 25.8 Å². The van der Waals surface area contributed by atoms with E-state index in [0.29, 0.717) is 0 Å². The molecule has 0 bridgehead atoms. The topological polar surface area (TPSA) is 12.4 Å². The minimum Gasteiger partial charge on any atom is -0.294 e. The quantitative estimate of drug-likeness (QED) is 0.411. The molecule has 0 aliphatic rings. The van der Waals surface area contributed by atoms with Gasteiger partial charge in [-0.3, -0.25) is 4.99 Å². The second kappa shape index (κ2) is 7.77. The number of aliphatic imine (C=N–C) groups is 1. The van der Waals surface area contributed by atoms with Crippen LogP contribution < -0.4 is 0 Å². The predicted octanol–water partition coefficient (Wildman–Crippen LogP) is 3.44. The van der Waals surface area contributed by atoms with E-state index < -0.39 is 0 Å². The van der Waals surface area contributed by atoms with Gasteiger partial charge in [0.15, 0.2) is 0 Å². The highest BCUT2D eigenvalue weighted by molar-refractivity contribution is 5.81. The van der Waals surface area contributed by atoms with E-state index in [1.807, 2.05) is 0 Å². The largest absolute Gasteiger partial charge is 0.294 e. The van der Waals surface area contributed by atoms with Gasteiger partial charge in [0.05, 0.1) is 0 Å². The Morgan fingerprint density at radius 1 is 1.09 bits per heavy atom. The van der Waals surface area contributed by atoms with Crippen LogP contribution in [0.2, 0.25) is 0 Å². The summed E-state index contributed by atoms with van der Waals surface area (Å²) >= 11 is 0. The zero-order valence-corrected chi connectivity index (χ0v) is 8.19. The van der Waals surface area contributed by atoms with Crippen LogP contribution in [0.5, 0.6) is 0 Å². The van der Waals surface area contributed by atoms with Gasteiger partial charge in [0.1, 0.15) is 0 Å². The van der Waals surface area contributed by atoms with Crippen molar-refractivity contribution in [1.29, 1.82) is 0 Å². The first-order valence-electron chi connectivity index (χ1n) is 4.81. The summed E-state index contributed by atoms with van der Waals surface area (Å²) < 4.78 is 0. The van der Waals surface area contributed by atoms with E-state index in [-0.39, 0.29) is 0 Å². The van der Waals surface area contributed by atoms with Gasteiger partial charge in [-0.1, -0.05) is 33.1 Å². The molecule has 1 heteroatoms. The molecular formula is C10H21N. The van der Waals surface area contributed by atoms with Gasteiger partial charge in [-0.2, -0.15) is 0 Å². The van der Waals surface area contributed by atoms with Crippen molar-refractivity contribution in [1.82, 2.24) is 0 Å². The Morgan fingerprint density at radius 2 is 1.82 bits per heavy atom. The van der Waals surface area contributed by atoms with E-state index >= 15 is 0 Å². The van der Waals surface area contributed by atoms with Crippen LogP contribution in [0.15, 0.2) is 4.99 Å². The highest BCUT2D eigenvalue weighted by Crippen LogP contribution is 1.96. The van der Waals surface area contributed by atoms with Crippen molar-refractivity contribution in [2.75, 3.05) is 6.54 Å². The summed E-state index contributed by atoms with van der Waals surface area (Å²) in [6.45, 7) is 7.60. The summed E-state index contributed by atoms with van der Waals surface area (Å²) in [7, 11) is 0. The first kappa shape index (κ1) is 10.7. The van der Waals surface area contributed by atoms with Crippen LogP contribution in [-0.4, -0.2) is 12.3 Å². The predicted molar refractivity (Wildman–Crippen MR) is 52.4 cm³/mol. The zero-order chi connectivity index (χ0) is 8.53. The molecule has 0 aromatic heterocycles. The standard InChI is InChI=1S/C10H21N/c1-4-6-7-9-11-10(3)8-5-2/h4-9H2,1-3H3. The molecule has 0 saturated carbocycles. The van der Waals surface area contributed by atoms with Crippen molar-refractivity contribution in [2.24, 2.45) is 4.99 Å². The molecule has 0 radical (unpaired) electrons. The maximum absolute atomic E-state index is 4.47. The molecule has 0 amide bonds. The fourth-order valence-electron chi connectivity index (χ4n) is 1.07. The van der Waals surface area contributed by atoms with Crippen molar-refractivity contribution in [3.63, 3.8) is 0 Å². The van der Waals surface area contributed by atoms with Crippen molar-refractivity contribution in [2.45, 2.75) is 52.9 Å². The summed E-state index contributed by atoms with van der Waals surface area (Å²) in [5, 5.41) is 0. The lowest BCUT2D eigenvalue weighted by Crippen LogP contribution is -1.92. The Labute approximate surface area is 70.9 Å². The molecule has 0 aliphatic heterocycles. The van der Waals surface area contributed by atoms with E-state index in [4.69, 9.17) is 0 Å². The smallest absolute Gasteiger partial charge is 0.0388 e. The highest BCUT2D eigenvalue weighted by Gasteiger charge is 1.87. The van der Waals surface area contributed by atoms with Crippen molar-refractivity contribution in [3.05, 3.63) is 0 Å². The van der Waals surface area contributed by atoms with Gasteiger partial charge >= 0.3 is 0 Å². The third-order valence-electron chi connectivity index (χ3n) is 1.76. The Balaban J connectivity index is 3.24. The zero-order valence-electron chi connectivity index (χ0n) is 8.19. The number of hydrogen-bond donors (Lipinski definition) is 0. The molecule has 11 heavy (non-hydrogen) atoms. The molecule has 66 valence electrons. The highest BCUT2D eigenvalue weighted by atomic mass is 14.7. The molecule has 0 heterocycles. The van der Waals surface area contributed by atoms with Crippen LogP contribution in [0.1, 0.15) is 52.9 Å². The third kappa shape index (κ3) is 7.57. The van der Waals surface area contributed by atoms with Crippen molar-refractivity contribution < 1.29 is 0 Å². The maximum atomic E-state index is 4.47. The lowest BCUT2D eigenvalue weighted by Gasteiger charge is -1.97. The van der Waals surface area contributed by atoms with Gasteiger partial charge in [0.25, 0.3) is 0 Å². The number of hydrogen-bond acceptors (Lipinski definition) is 1. The van der Waals surface area contributed by atoms with Crippen LogP contribution in [0.25, 0.3) is 0 Å². The van der Waals surface area contributed by atoms with Gasteiger partial charge in [-0.25, -0.2) is 0 Å². The van der Waals surface area contributed by atoms with Crippen LogP contribution in [0, 0.1) is 0 Å². The fraction of sp³-hybridized carbons (Fsp3) is 0.900. The van der Waals surface area contributed by atoms with Crippen LogP contribution in [0.4, 0.5) is 0 Å². The second-order valence-corrected chi connectivity index (χ2v) is 3.07. The minimum absolute atomic E-state index is 1.04. The Morgan fingerprint density at radius 3 is 2.36 bits per heavy atom. The van der Waals surface area contributed by atoms with E-state index in [1.165, 1.54) is 37.8 Å². The Kier molecular flexibility index (Phi) is 7.54. The lowest BCUT2D eigenvalue weighted by atomic mass is 10.2. The molecule has 0 N–H and O–H groups in total. The monoisotopic (exact) mass is 155 g/mol. The van der Waals surface area contributed by atoms with Crippen molar-refractivity contribution >= 4 is 5.71 Å². The first-order chi connectivity index (χ1) is 5.31. The van der Waals surface area contributed by atoms with Crippen molar-refractivity contribution in [3.8, 4) is 0 Å². The molecule has 0 fully saturated rings. The molecule has 0 spiro atoms. The molecule has 0 rings (SSSR count). The van der Waals surface area contributed by atoms with Crippen LogP contribution in [0.3, 0.4) is 0 Å². The fourth-order valence-corrected chi connectivity index (χ4v) is 1.07. The summed E-state index contributed by atoms with van der Waals surface area (Å²) in [5.41, 5.74) is 1.32. The van der Waals surface area contributed by atoms with E-state index in [9.17, 15) is 0 Å². The van der Waals surface area contributed by atoms with E-state index in [1.54, 1.807) is 0 Å². The molecule has 0 saturated heterocycles. The normalized spacial score (nSPS) is 12.1. The number of rotatable bonds is 6. The SMILES string of the molecule is CCCCCN=C(C)CCC. The average molecular weight is 155 g/mol. The Hall–Kier alpha value is -0.330. The van der Waals surface area contributed by atoms with E-state index in [0.717, 1.165) is 6.54 Å². The third-order valence-corrected chi connectivity index (χ3v) is 1.76. The summed E-state index contributed by atoms with van der Waals surface area (Å²) in [6, 6.07) is 0. The van der Waals surface area contributed by atoms with Gasteiger partial charge in [0, 0.05) is 12.3 Å². The molecule has 0 aliphatic carbocycles. The molecule has 0 atom stereocenters.